The Morgan fingerprint density at radius 3 is 2.51 bits per heavy atom. The van der Waals surface area contributed by atoms with Gasteiger partial charge in [-0.25, -0.2) is 9.78 Å². The molecule has 0 saturated heterocycles. The predicted octanol–water partition coefficient (Wildman–Crippen LogP) is 4.32. The molecular formula is C27H24N4O4. The van der Waals surface area contributed by atoms with Crippen LogP contribution >= 0.6 is 0 Å². The Morgan fingerprint density at radius 1 is 1.00 bits per heavy atom. The van der Waals surface area contributed by atoms with Gasteiger partial charge in [0.2, 0.25) is 5.91 Å². The van der Waals surface area contributed by atoms with E-state index >= 15 is 0 Å². The SMILES string of the molecule is COC(=O)c1ccc(C(=O)NCc2cnc[nH]2)cc1NC(=O)/C=C(/C)c1ccc2ccccc2c1. The van der Waals surface area contributed by atoms with Gasteiger partial charge in [-0.15, -0.1) is 0 Å². The van der Waals surface area contributed by atoms with E-state index in [4.69, 9.17) is 4.74 Å². The van der Waals surface area contributed by atoms with Gasteiger partial charge in [0.05, 0.1) is 36.9 Å². The van der Waals surface area contributed by atoms with Crippen molar-refractivity contribution < 1.29 is 19.1 Å². The Hall–Kier alpha value is -4.72. The van der Waals surface area contributed by atoms with Crippen molar-refractivity contribution in [3.05, 3.63) is 102 Å². The standard InChI is InChI=1S/C27H24N4O4/c1-17(19-8-7-18-5-3-4-6-20(18)12-19)11-25(32)31-24-13-21(9-10-23(24)27(34)35-2)26(33)29-15-22-14-28-16-30-22/h3-14,16H,15H2,1-2H3,(H,28,30)(H,29,33)(H,31,32)/b17-11-. The number of hydrogen-bond acceptors (Lipinski definition) is 5. The number of allylic oxidation sites excluding steroid dienone is 1. The molecule has 0 spiro atoms. The lowest BCUT2D eigenvalue weighted by molar-refractivity contribution is -0.111. The Balaban J connectivity index is 1.55. The average Bonchev–Trinajstić information content (AvgIpc) is 3.40. The van der Waals surface area contributed by atoms with E-state index in [2.05, 4.69) is 20.6 Å². The third-order valence-electron chi connectivity index (χ3n) is 5.49. The van der Waals surface area contributed by atoms with Crippen LogP contribution in [-0.4, -0.2) is 34.9 Å². The monoisotopic (exact) mass is 468 g/mol. The summed E-state index contributed by atoms with van der Waals surface area (Å²) >= 11 is 0. The summed E-state index contributed by atoms with van der Waals surface area (Å²) in [5, 5.41) is 7.66. The number of imidazole rings is 1. The highest BCUT2D eigenvalue weighted by Crippen LogP contribution is 2.23. The number of benzene rings is 3. The van der Waals surface area contributed by atoms with Gasteiger partial charge in [-0.1, -0.05) is 36.4 Å². The van der Waals surface area contributed by atoms with Crippen molar-refractivity contribution in [3.8, 4) is 0 Å². The molecule has 0 bridgehead atoms. The van der Waals surface area contributed by atoms with Crippen molar-refractivity contribution in [1.29, 1.82) is 0 Å². The van der Waals surface area contributed by atoms with Crippen LogP contribution in [0.1, 0.15) is 38.9 Å². The van der Waals surface area contributed by atoms with Crippen LogP contribution in [-0.2, 0) is 16.1 Å². The molecule has 1 heterocycles. The van der Waals surface area contributed by atoms with Gasteiger partial charge in [-0.2, -0.15) is 0 Å². The topological polar surface area (TPSA) is 113 Å². The predicted molar refractivity (Wildman–Crippen MR) is 134 cm³/mol. The Kier molecular flexibility index (Phi) is 7.02. The Bertz CT molecular complexity index is 1420. The zero-order chi connectivity index (χ0) is 24.8. The van der Waals surface area contributed by atoms with Gasteiger partial charge < -0.3 is 20.4 Å². The van der Waals surface area contributed by atoms with Crippen molar-refractivity contribution in [1.82, 2.24) is 15.3 Å². The van der Waals surface area contributed by atoms with Crippen molar-refractivity contribution in [2.45, 2.75) is 13.5 Å². The molecule has 176 valence electrons. The first-order chi connectivity index (χ1) is 16.9. The van der Waals surface area contributed by atoms with Gasteiger partial charge in [-0.3, -0.25) is 9.59 Å². The molecule has 4 aromatic rings. The first kappa shape index (κ1) is 23.4. The van der Waals surface area contributed by atoms with Crippen LogP contribution < -0.4 is 10.6 Å². The van der Waals surface area contributed by atoms with Gasteiger partial charge >= 0.3 is 5.97 Å². The summed E-state index contributed by atoms with van der Waals surface area (Å²) in [4.78, 5) is 44.5. The summed E-state index contributed by atoms with van der Waals surface area (Å²) < 4.78 is 4.83. The fourth-order valence-corrected chi connectivity index (χ4v) is 3.62. The number of fused-ring (bicyclic) bond motifs is 1. The molecule has 8 nitrogen and oxygen atoms in total. The molecule has 2 amide bonds. The molecular weight excluding hydrogens is 444 g/mol. The summed E-state index contributed by atoms with van der Waals surface area (Å²) in [6.07, 6.45) is 4.58. The first-order valence-corrected chi connectivity index (χ1v) is 10.9. The van der Waals surface area contributed by atoms with E-state index in [9.17, 15) is 14.4 Å². The summed E-state index contributed by atoms with van der Waals surface area (Å²) in [6, 6.07) is 18.3. The first-order valence-electron chi connectivity index (χ1n) is 10.9. The maximum Gasteiger partial charge on any atom is 0.339 e. The van der Waals surface area contributed by atoms with Crippen LogP contribution in [0.5, 0.6) is 0 Å². The van der Waals surface area contributed by atoms with E-state index in [1.807, 2.05) is 49.4 Å². The van der Waals surface area contributed by atoms with E-state index in [1.54, 1.807) is 6.20 Å². The zero-order valence-electron chi connectivity index (χ0n) is 19.3. The maximum atomic E-state index is 12.8. The Labute approximate surface area is 202 Å². The second kappa shape index (κ2) is 10.5. The van der Waals surface area contributed by atoms with E-state index < -0.39 is 11.9 Å². The number of nitrogens with zero attached hydrogens (tertiary/aromatic N) is 1. The lowest BCUT2D eigenvalue weighted by Crippen LogP contribution is -2.23. The van der Waals surface area contributed by atoms with Gasteiger partial charge in [0.25, 0.3) is 5.91 Å². The van der Waals surface area contributed by atoms with Crippen molar-refractivity contribution in [2.75, 3.05) is 12.4 Å². The maximum absolute atomic E-state index is 12.8. The highest BCUT2D eigenvalue weighted by molar-refractivity contribution is 6.09. The lowest BCUT2D eigenvalue weighted by Gasteiger charge is -2.12. The molecule has 0 saturated carbocycles. The van der Waals surface area contributed by atoms with Crippen LogP contribution in [0.2, 0.25) is 0 Å². The van der Waals surface area contributed by atoms with Crippen LogP contribution in [0, 0.1) is 0 Å². The number of esters is 1. The number of H-pyrrole nitrogens is 1. The molecule has 8 heteroatoms. The van der Waals surface area contributed by atoms with Crippen LogP contribution in [0.15, 0.2) is 79.3 Å². The largest absolute Gasteiger partial charge is 0.465 e. The fourth-order valence-electron chi connectivity index (χ4n) is 3.62. The molecule has 1 aromatic heterocycles. The number of amides is 2. The highest BCUT2D eigenvalue weighted by Gasteiger charge is 2.17. The van der Waals surface area contributed by atoms with E-state index in [-0.39, 0.29) is 29.3 Å². The number of carbonyl (C=O) groups excluding carboxylic acids is 3. The summed E-state index contributed by atoms with van der Waals surface area (Å²) in [5.41, 5.74) is 3.00. The number of anilines is 1. The minimum Gasteiger partial charge on any atom is -0.465 e. The molecule has 3 N–H and O–H groups in total. The summed E-state index contributed by atoms with van der Waals surface area (Å²) in [7, 11) is 1.25. The smallest absolute Gasteiger partial charge is 0.339 e. The molecule has 4 rings (SSSR count). The zero-order valence-corrected chi connectivity index (χ0v) is 19.3. The molecule has 0 aliphatic heterocycles. The van der Waals surface area contributed by atoms with Crippen LogP contribution in [0.3, 0.4) is 0 Å². The number of carbonyl (C=O) groups is 3. The second-order valence-corrected chi connectivity index (χ2v) is 7.89. The number of hydrogen-bond donors (Lipinski definition) is 3. The molecule has 0 unspecified atom stereocenters. The number of rotatable bonds is 7. The molecule has 0 atom stereocenters. The summed E-state index contributed by atoms with van der Waals surface area (Å²) in [5.74, 6) is -1.43. The van der Waals surface area contributed by atoms with Crippen molar-refractivity contribution >= 4 is 39.8 Å². The van der Waals surface area contributed by atoms with Crippen LogP contribution in [0.25, 0.3) is 16.3 Å². The molecule has 0 aliphatic carbocycles. The summed E-state index contributed by atoms with van der Waals surface area (Å²) in [6.45, 7) is 2.09. The quantitative estimate of drug-likeness (QED) is 0.276. The Morgan fingerprint density at radius 2 is 1.77 bits per heavy atom. The molecule has 3 aromatic carbocycles. The van der Waals surface area contributed by atoms with Gasteiger partial charge in [0, 0.05) is 17.8 Å². The number of nitrogens with one attached hydrogen (secondary N) is 3. The van der Waals surface area contributed by atoms with E-state index in [0.717, 1.165) is 27.6 Å². The molecule has 35 heavy (non-hydrogen) atoms. The van der Waals surface area contributed by atoms with E-state index in [1.165, 1.54) is 37.7 Å². The minimum atomic E-state index is -0.625. The number of methoxy groups -OCH3 is 1. The normalized spacial score (nSPS) is 11.2. The molecule has 0 aliphatic rings. The second-order valence-electron chi connectivity index (χ2n) is 7.89. The lowest BCUT2D eigenvalue weighted by atomic mass is 10.0. The highest BCUT2D eigenvalue weighted by atomic mass is 16.5. The number of ether oxygens (including phenoxy) is 1. The molecule has 0 fully saturated rings. The van der Waals surface area contributed by atoms with E-state index in [0.29, 0.717) is 0 Å². The third kappa shape index (κ3) is 5.62. The number of aromatic nitrogens is 2. The fraction of sp³-hybridized carbons (Fsp3) is 0.111. The minimum absolute atomic E-state index is 0.141. The third-order valence-corrected chi connectivity index (χ3v) is 5.49. The van der Waals surface area contributed by atoms with Gasteiger partial charge in [0.1, 0.15) is 0 Å². The molecule has 0 radical (unpaired) electrons. The van der Waals surface area contributed by atoms with Gasteiger partial charge in [0.15, 0.2) is 0 Å². The number of aromatic amines is 1. The van der Waals surface area contributed by atoms with Crippen molar-refractivity contribution in [2.24, 2.45) is 0 Å². The van der Waals surface area contributed by atoms with Crippen molar-refractivity contribution in [3.63, 3.8) is 0 Å². The average molecular weight is 469 g/mol. The van der Waals surface area contributed by atoms with Gasteiger partial charge in [-0.05, 0) is 53.1 Å². The van der Waals surface area contributed by atoms with Crippen LogP contribution in [0.4, 0.5) is 5.69 Å².